The highest BCUT2D eigenvalue weighted by molar-refractivity contribution is 6.14. The van der Waals surface area contributed by atoms with E-state index in [1.807, 2.05) is 0 Å². The molecule has 0 bridgehead atoms. The van der Waals surface area contributed by atoms with Gasteiger partial charge in [0.25, 0.3) is 0 Å². The lowest BCUT2D eigenvalue weighted by molar-refractivity contribution is -0.291. The van der Waals surface area contributed by atoms with Crippen molar-refractivity contribution in [3.63, 3.8) is 0 Å². The van der Waals surface area contributed by atoms with Gasteiger partial charge in [-0.2, -0.15) is 0 Å². The smallest absolute Gasteiger partial charge is 0.369 e. The van der Waals surface area contributed by atoms with Crippen molar-refractivity contribution >= 4 is 11.8 Å². The Balaban J connectivity index is 2.38. The number of ketones is 1. The Morgan fingerprint density at radius 3 is 1.90 bits per heavy atom. The summed E-state index contributed by atoms with van der Waals surface area (Å²) in [5.41, 5.74) is -0.300. The van der Waals surface area contributed by atoms with E-state index in [1.54, 1.807) is 18.2 Å². The van der Waals surface area contributed by atoms with Crippen LogP contribution >= 0.6 is 0 Å². The third kappa shape index (κ3) is 3.68. The SMILES string of the molecule is O=C(OC(F)(F)F)c1ccccc1C(=O)c1ccccc1. The van der Waals surface area contributed by atoms with E-state index in [2.05, 4.69) is 4.74 Å². The number of alkyl halides is 3. The van der Waals surface area contributed by atoms with Crippen molar-refractivity contribution in [3.8, 4) is 0 Å². The quantitative estimate of drug-likeness (QED) is 0.641. The van der Waals surface area contributed by atoms with Crippen LogP contribution in [0.4, 0.5) is 13.2 Å². The minimum Gasteiger partial charge on any atom is -0.369 e. The fraction of sp³-hybridized carbons (Fsp3) is 0.0667. The van der Waals surface area contributed by atoms with Gasteiger partial charge in [0.1, 0.15) is 0 Å². The van der Waals surface area contributed by atoms with Gasteiger partial charge in [-0.3, -0.25) is 4.79 Å². The first-order valence-electron chi connectivity index (χ1n) is 5.87. The molecule has 0 saturated carbocycles. The van der Waals surface area contributed by atoms with Gasteiger partial charge in [0.2, 0.25) is 0 Å². The normalized spacial score (nSPS) is 11.0. The lowest BCUT2D eigenvalue weighted by Crippen LogP contribution is -2.21. The van der Waals surface area contributed by atoms with Crippen molar-refractivity contribution in [1.29, 1.82) is 0 Å². The minimum atomic E-state index is -5.10. The summed E-state index contributed by atoms with van der Waals surface area (Å²) in [6.45, 7) is 0. The average molecular weight is 294 g/mol. The molecular formula is C15H9F3O3. The van der Waals surface area contributed by atoms with E-state index >= 15 is 0 Å². The molecular weight excluding hydrogens is 285 g/mol. The van der Waals surface area contributed by atoms with Crippen molar-refractivity contribution in [1.82, 2.24) is 0 Å². The Hall–Kier alpha value is -2.63. The van der Waals surface area contributed by atoms with Crippen LogP contribution in [0.15, 0.2) is 54.6 Å². The Morgan fingerprint density at radius 2 is 1.33 bits per heavy atom. The summed E-state index contributed by atoms with van der Waals surface area (Å²) < 4.78 is 39.7. The van der Waals surface area contributed by atoms with Gasteiger partial charge in [0, 0.05) is 11.1 Å². The molecule has 108 valence electrons. The number of benzene rings is 2. The molecule has 0 spiro atoms. The Morgan fingerprint density at radius 1 is 0.810 bits per heavy atom. The zero-order valence-corrected chi connectivity index (χ0v) is 10.6. The van der Waals surface area contributed by atoms with Crippen LogP contribution < -0.4 is 0 Å². The third-order valence-electron chi connectivity index (χ3n) is 2.64. The van der Waals surface area contributed by atoms with Crippen molar-refractivity contribution in [2.45, 2.75) is 6.36 Å². The van der Waals surface area contributed by atoms with Crippen LogP contribution in [0.1, 0.15) is 26.3 Å². The summed E-state index contributed by atoms with van der Waals surface area (Å²) in [6, 6.07) is 13.2. The van der Waals surface area contributed by atoms with Crippen molar-refractivity contribution in [2.24, 2.45) is 0 Å². The second-order valence-electron chi connectivity index (χ2n) is 4.08. The van der Waals surface area contributed by atoms with Gasteiger partial charge in [-0.25, -0.2) is 4.79 Å². The van der Waals surface area contributed by atoms with Gasteiger partial charge in [-0.05, 0) is 6.07 Å². The molecule has 2 aromatic rings. The molecule has 0 unspecified atom stereocenters. The highest BCUT2D eigenvalue weighted by atomic mass is 19.4. The summed E-state index contributed by atoms with van der Waals surface area (Å²) >= 11 is 0. The summed E-state index contributed by atoms with van der Waals surface area (Å²) in [5.74, 6) is -2.16. The molecule has 0 N–H and O–H groups in total. The molecule has 21 heavy (non-hydrogen) atoms. The maximum absolute atomic E-state index is 12.2. The van der Waals surface area contributed by atoms with Gasteiger partial charge >= 0.3 is 12.3 Å². The van der Waals surface area contributed by atoms with Crippen molar-refractivity contribution in [3.05, 3.63) is 71.3 Å². The van der Waals surface area contributed by atoms with Gasteiger partial charge in [-0.1, -0.05) is 48.5 Å². The molecule has 0 aliphatic carbocycles. The van der Waals surface area contributed by atoms with Crippen LogP contribution in [0, 0.1) is 0 Å². The topological polar surface area (TPSA) is 43.4 Å². The second-order valence-corrected chi connectivity index (χ2v) is 4.08. The summed E-state index contributed by atoms with van der Waals surface area (Å²) in [6.07, 6.45) is -5.10. The third-order valence-corrected chi connectivity index (χ3v) is 2.64. The zero-order valence-electron chi connectivity index (χ0n) is 10.6. The molecule has 0 fully saturated rings. The Bertz CT molecular complexity index is 663. The first kappa shape index (κ1) is 14.8. The number of carbonyl (C=O) groups is 2. The van der Waals surface area contributed by atoms with Gasteiger partial charge < -0.3 is 4.74 Å². The second kappa shape index (κ2) is 5.78. The molecule has 0 amide bonds. The Kier molecular flexibility index (Phi) is 4.07. The molecule has 0 aromatic heterocycles. The summed E-state index contributed by atoms with van der Waals surface area (Å²) in [7, 11) is 0. The van der Waals surface area contributed by atoms with Crippen molar-refractivity contribution in [2.75, 3.05) is 0 Å². The number of esters is 1. The van der Waals surface area contributed by atoms with Crippen LogP contribution in [-0.2, 0) is 4.74 Å². The lowest BCUT2D eigenvalue weighted by Gasteiger charge is -2.10. The molecule has 0 aliphatic heterocycles. The molecule has 6 heteroatoms. The van der Waals surface area contributed by atoms with Gasteiger partial charge in [-0.15, -0.1) is 13.2 Å². The first-order chi connectivity index (χ1) is 9.88. The average Bonchev–Trinajstić information content (AvgIpc) is 2.45. The molecule has 2 aromatic carbocycles. The van der Waals surface area contributed by atoms with Crippen LogP contribution in [0.3, 0.4) is 0 Å². The summed E-state index contributed by atoms with van der Waals surface area (Å²) in [5, 5.41) is 0. The number of hydrogen-bond acceptors (Lipinski definition) is 3. The van der Waals surface area contributed by atoms with E-state index in [9.17, 15) is 22.8 Å². The van der Waals surface area contributed by atoms with Crippen LogP contribution in [0.5, 0.6) is 0 Å². The number of hydrogen-bond donors (Lipinski definition) is 0. The molecule has 0 aliphatic rings. The van der Waals surface area contributed by atoms with Crippen molar-refractivity contribution < 1.29 is 27.5 Å². The van der Waals surface area contributed by atoms with E-state index in [-0.39, 0.29) is 11.1 Å². The maximum atomic E-state index is 12.2. The molecule has 2 rings (SSSR count). The van der Waals surface area contributed by atoms with Crippen LogP contribution in [0.25, 0.3) is 0 Å². The largest absolute Gasteiger partial charge is 0.575 e. The number of halogens is 3. The van der Waals surface area contributed by atoms with E-state index < -0.39 is 23.7 Å². The van der Waals surface area contributed by atoms with Crippen LogP contribution in [0.2, 0.25) is 0 Å². The molecule has 0 radical (unpaired) electrons. The fourth-order valence-corrected chi connectivity index (χ4v) is 1.76. The zero-order chi connectivity index (χ0) is 15.5. The number of ether oxygens (including phenoxy) is 1. The molecule has 3 nitrogen and oxygen atoms in total. The fourth-order valence-electron chi connectivity index (χ4n) is 1.76. The predicted octanol–water partition coefficient (Wildman–Crippen LogP) is 3.59. The van der Waals surface area contributed by atoms with E-state index in [4.69, 9.17) is 0 Å². The van der Waals surface area contributed by atoms with Crippen LogP contribution in [-0.4, -0.2) is 18.1 Å². The van der Waals surface area contributed by atoms with E-state index in [0.29, 0.717) is 0 Å². The first-order valence-corrected chi connectivity index (χ1v) is 5.87. The standard InChI is InChI=1S/C15H9F3O3/c16-15(17,18)21-14(20)12-9-5-4-8-11(12)13(19)10-6-2-1-3-7-10/h1-9H. The van der Waals surface area contributed by atoms with E-state index in [1.165, 1.54) is 30.3 Å². The minimum absolute atomic E-state index is 0.141. The monoisotopic (exact) mass is 294 g/mol. The lowest BCUT2D eigenvalue weighted by atomic mass is 9.98. The van der Waals surface area contributed by atoms with Gasteiger partial charge in [0.15, 0.2) is 5.78 Å². The molecule has 0 heterocycles. The summed E-state index contributed by atoms with van der Waals surface area (Å²) in [4.78, 5) is 23.8. The Labute approximate surface area is 118 Å². The highest BCUT2D eigenvalue weighted by Gasteiger charge is 2.35. The molecule has 0 saturated heterocycles. The van der Waals surface area contributed by atoms with E-state index in [0.717, 1.165) is 6.07 Å². The maximum Gasteiger partial charge on any atom is 0.575 e. The number of carbonyl (C=O) groups excluding carboxylic acids is 2. The number of rotatable bonds is 3. The highest BCUT2D eigenvalue weighted by Crippen LogP contribution is 2.21. The molecule has 0 atom stereocenters. The predicted molar refractivity (Wildman–Crippen MR) is 67.8 cm³/mol. The van der Waals surface area contributed by atoms with Gasteiger partial charge in [0.05, 0.1) is 5.56 Å².